The van der Waals surface area contributed by atoms with E-state index in [0.717, 1.165) is 11.1 Å². The normalized spacial score (nSPS) is 19.9. The van der Waals surface area contributed by atoms with Gasteiger partial charge in [0, 0.05) is 18.3 Å². The van der Waals surface area contributed by atoms with Gasteiger partial charge in [0.15, 0.2) is 0 Å². The Morgan fingerprint density at radius 3 is 2.64 bits per heavy atom. The van der Waals surface area contributed by atoms with Crippen LogP contribution in [-0.4, -0.2) is 34.3 Å². The molecule has 1 heterocycles. The molecular weight excluding hydrogens is 376 g/mol. The van der Waals surface area contributed by atoms with Crippen LogP contribution in [0.5, 0.6) is 0 Å². The number of nitrogens with one attached hydrogen (secondary N) is 1. The second kappa shape index (κ2) is 9.15. The minimum Gasteiger partial charge on any atom is -0.481 e. The lowest BCUT2D eigenvalue weighted by Gasteiger charge is -2.28. The number of rotatable bonds is 8. The van der Waals surface area contributed by atoms with E-state index in [1.54, 1.807) is 18.2 Å². The largest absolute Gasteiger partial charge is 0.481 e. The first-order chi connectivity index (χ1) is 13.5. The highest BCUT2D eigenvalue weighted by Gasteiger charge is 2.36. The molecule has 28 heavy (non-hydrogen) atoms. The topological polar surface area (TPSA) is 82.5 Å². The second-order valence-corrected chi connectivity index (χ2v) is 7.30. The summed E-state index contributed by atoms with van der Waals surface area (Å²) < 4.78 is 0. The Kier molecular flexibility index (Phi) is 6.62. The summed E-state index contributed by atoms with van der Waals surface area (Å²) in [6, 6.07) is 13.3. The predicted molar refractivity (Wildman–Crippen MR) is 110 cm³/mol. The second-order valence-electron chi connectivity index (χ2n) is 6.91. The van der Waals surface area contributed by atoms with Crippen molar-refractivity contribution < 1.29 is 15.0 Å². The summed E-state index contributed by atoms with van der Waals surface area (Å²) in [4.78, 5) is 15.9. The van der Waals surface area contributed by atoms with Gasteiger partial charge in [-0.05, 0) is 36.6 Å². The Balaban J connectivity index is 1.54. The van der Waals surface area contributed by atoms with E-state index < -0.39 is 17.5 Å². The molecule has 3 rings (SSSR count). The SMILES string of the molecule is O=C(O)C1(CCNC[C@H](O)c2ccc(Cl)nc2)C=CC(c2ccccc2)=CC1. The number of carbonyl (C=O) groups is 1. The number of carboxylic acid groups (broad SMARTS) is 1. The van der Waals surface area contributed by atoms with Crippen LogP contribution in [0, 0.1) is 5.41 Å². The van der Waals surface area contributed by atoms with E-state index in [0.29, 0.717) is 36.6 Å². The van der Waals surface area contributed by atoms with E-state index in [2.05, 4.69) is 10.3 Å². The molecule has 1 aliphatic carbocycles. The average Bonchev–Trinajstić information content (AvgIpc) is 2.72. The van der Waals surface area contributed by atoms with Crippen molar-refractivity contribution in [2.75, 3.05) is 13.1 Å². The zero-order valence-electron chi connectivity index (χ0n) is 15.4. The zero-order valence-corrected chi connectivity index (χ0v) is 16.1. The highest BCUT2D eigenvalue weighted by Crippen LogP contribution is 2.36. The molecule has 0 saturated carbocycles. The minimum atomic E-state index is -0.932. The van der Waals surface area contributed by atoms with Crippen molar-refractivity contribution >= 4 is 23.1 Å². The molecule has 1 unspecified atom stereocenters. The number of aliphatic hydroxyl groups excluding tert-OH is 1. The van der Waals surface area contributed by atoms with Crippen molar-refractivity contribution in [3.8, 4) is 0 Å². The molecule has 2 atom stereocenters. The molecule has 0 aliphatic heterocycles. The Hall–Kier alpha value is -2.47. The van der Waals surface area contributed by atoms with Gasteiger partial charge >= 0.3 is 5.97 Å². The number of hydrogen-bond acceptors (Lipinski definition) is 4. The molecule has 1 aromatic heterocycles. The molecule has 3 N–H and O–H groups in total. The maximum absolute atomic E-state index is 11.9. The highest BCUT2D eigenvalue weighted by atomic mass is 35.5. The van der Waals surface area contributed by atoms with Crippen molar-refractivity contribution in [1.82, 2.24) is 10.3 Å². The van der Waals surface area contributed by atoms with Crippen LogP contribution < -0.4 is 5.32 Å². The third-order valence-electron chi connectivity index (χ3n) is 5.02. The summed E-state index contributed by atoms with van der Waals surface area (Å²) in [5, 5.41) is 23.5. The number of aliphatic hydroxyl groups is 1. The summed E-state index contributed by atoms with van der Waals surface area (Å²) in [5.41, 5.74) is 1.85. The van der Waals surface area contributed by atoms with Gasteiger partial charge in [-0.15, -0.1) is 0 Å². The highest BCUT2D eigenvalue weighted by molar-refractivity contribution is 6.29. The lowest BCUT2D eigenvalue weighted by atomic mass is 9.76. The van der Waals surface area contributed by atoms with Gasteiger partial charge in [-0.1, -0.05) is 66.2 Å². The van der Waals surface area contributed by atoms with Crippen LogP contribution in [0.2, 0.25) is 5.15 Å². The van der Waals surface area contributed by atoms with Gasteiger partial charge in [0.2, 0.25) is 0 Å². The third kappa shape index (κ3) is 4.87. The van der Waals surface area contributed by atoms with Crippen molar-refractivity contribution in [1.29, 1.82) is 0 Å². The van der Waals surface area contributed by atoms with Gasteiger partial charge in [-0.2, -0.15) is 0 Å². The number of pyridine rings is 1. The van der Waals surface area contributed by atoms with E-state index in [1.807, 2.05) is 42.5 Å². The lowest BCUT2D eigenvalue weighted by Crippen LogP contribution is -2.34. The van der Waals surface area contributed by atoms with E-state index in [1.165, 1.54) is 6.20 Å². The molecule has 6 heteroatoms. The van der Waals surface area contributed by atoms with Crippen LogP contribution in [0.15, 0.2) is 66.9 Å². The van der Waals surface area contributed by atoms with Gasteiger partial charge in [-0.25, -0.2) is 4.98 Å². The zero-order chi connectivity index (χ0) is 20.0. The molecule has 1 aliphatic rings. The summed E-state index contributed by atoms with van der Waals surface area (Å²) in [6.07, 6.45) is 7.35. The molecule has 0 bridgehead atoms. The molecular formula is C22H23ClN2O3. The van der Waals surface area contributed by atoms with E-state index >= 15 is 0 Å². The molecule has 0 saturated heterocycles. The summed E-state index contributed by atoms with van der Waals surface area (Å²) in [5.74, 6) is -0.837. The average molecular weight is 399 g/mol. The Bertz CT molecular complexity index is 865. The maximum Gasteiger partial charge on any atom is 0.313 e. The lowest BCUT2D eigenvalue weighted by molar-refractivity contribution is -0.146. The first-order valence-electron chi connectivity index (χ1n) is 9.19. The molecule has 2 aromatic rings. The van der Waals surface area contributed by atoms with E-state index in [4.69, 9.17) is 11.6 Å². The Morgan fingerprint density at radius 2 is 2.04 bits per heavy atom. The smallest absolute Gasteiger partial charge is 0.313 e. The van der Waals surface area contributed by atoms with Gasteiger partial charge in [0.1, 0.15) is 5.15 Å². The number of hydrogen-bond donors (Lipinski definition) is 3. The quantitative estimate of drug-likeness (QED) is 0.464. The number of benzene rings is 1. The molecule has 0 fully saturated rings. The molecule has 0 radical (unpaired) electrons. The number of aromatic nitrogens is 1. The fraction of sp³-hybridized carbons (Fsp3) is 0.273. The van der Waals surface area contributed by atoms with E-state index in [-0.39, 0.29) is 0 Å². The number of aliphatic carboxylic acids is 1. The Labute approximate surface area is 169 Å². The van der Waals surface area contributed by atoms with Crippen LogP contribution in [0.25, 0.3) is 5.57 Å². The summed E-state index contributed by atoms with van der Waals surface area (Å²) in [7, 11) is 0. The van der Waals surface area contributed by atoms with Crippen molar-refractivity contribution in [2.24, 2.45) is 5.41 Å². The van der Waals surface area contributed by atoms with Crippen LogP contribution in [0.1, 0.15) is 30.1 Å². The predicted octanol–water partition coefficient (Wildman–Crippen LogP) is 3.86. The minimum absolute atomic E-state index is 0.313. The number of carboxylic acids is 1. The van der Waals surface area contributed by atoms with Crippen molar-refractivity contribution in [3.05, 3.63) is 83.2 Å². The van der Waals surface area contributed by atoms with Crippen LogP contribution in [-0.2, 0) is 4.79 Å². The summed E-state index contributed by atoms with van der Waals surface area (Å²) >= 11 is 5.75. The summed E-state index contributed by atoms with van der Waals surface area (Å²) in [6.45, 7) is 0.789. The van der Waals surface area contributed by atoms with Gasteiger partial charge in [0.05, 0.1) is 11.5 Å². The molecule has 0 amide bonds. The molecule has 1 aromatic carbocycles. The first-order valence-corrected chi connectivity index (χ1v) is 9.56. The number of halogens is 1. The van der Waals surface area contributed by atoms with Gasteiger partial charge in [0.25, 0.3) is 0 Å². The van der Waals surface area contributed by atoms with Crippen LogP contribution in [0.4, 0.5) is 0 Å². The number of nitrogens with zero attached hydrogens (tertiary/aromatic N) is 1. The van der Waals surface area contributed by atoms with Crippen LogP contribution in [0.3, 0.4) is 0 Å². The number of allylic oxidation sites excluding steroid dienone is 3. The monoisotopic (exact) mass is 398 g/mol. The fourth-order valence-electron chi connectivity index (χ4n) is 3.23. The molecule has 5 nitrogen and oxygen atoms in total. The standard InChI is InChI=1S/C22H23ClN2O3/c23-20-7-6-18(14-25-20)19(26)15-24-13-12-22(21(27)28)10-8-17(9-11-22)16-4-2-1-3-5-16/h1-10,14,19,24,26H,11-13,15H2,(H,27,28)/t19-,22?/m0/s1. The molecule has 146 valence electrons. The van der Waals surface area contributed by atoms with Crippen molar-refractivity contribution in [3.63, 3.8) is 0 Å². The Morgan fingerprint density at radius 1 is 1.25 bits per heavy atom. The third-order valence-corrected chi connectivity index (χ3v) is 5.25. The fourth-order valence-corrected chi connectivity index (χ4v) is 3.34. The van der Waals surface area contributed by atoms with E-state index in [9.17, 15) is 15.0 Å². The molecule has 0 spiro atoms. The first kappa shape index (κ1) is 20.3. The van der Waals surface area contributed by atoms with Gasteiger partial charge in [-0.3, -0.25) is 4.79 Å². The maximum atomic E-state index is 11.9. The van der Waals surface area contributed by atoms with Gasteiger partial charge < -0.3 is 15.5 Å². The van der Waals surface area contributed by atoms with Crippen LogP contribution >= 0.6 is 11.6 Å². The van der Waals surface area contributed by atoms with Crippen molar-refractivity contribution in [2.45, 2.75) is 18.9 Å².